The van der Waals surface area contributed by atoms with Crippen LogP contribution in [-0.4, -0.2) is 24.6 Å². The van der Waals surface area contributed by atoms with Gasteiger partial charge in [-0.3, -0.25) is 18.7 Å². The Balaban J connectivity index is 1.82. The van der Waals surface area contributed by atoms with Crippen molar-refractivity contribution < 1.29 is 4.79 Å². The standard InChI is InChI=1S/C17H18ClN5O3/c1-10-4-5-11(18)8-12(10)20-13(24)6-7-23-9-19-15-14(23)16(25)22(3)17(26)21(15)2/h4-5,8-9H,6-7H2,1-3H3,(H,20,24). The number of rotatable bonds is 4. The summed E-state index contributed by atoms with van der Waals surface area (Å²) in [5.41, 5.74) is 1.26. The lowest BCUT2D eigenvalue weighted by Gasteiger charge is -2.10. The monoisotopic (exact) mass is 375 g/mol. The van der Waals surface area contributed by atoms with E-state index in [1.807, 2.05) is 13.0 Å². The first-order valence-electron chi connectivity index (χ1n) is 7.96. The Hall–Kier alpha value is -2.87. The predicted octanol–water partition coefficient (Wildman–Crippen LogP) is 1.42. The number of nitrogens with zero attached hydrogens (tertiary/aromatic N) is 4. The van der Waals surface area contributed by atoms with E-state index in [-0.39, 0.29) is 18.9 Å². The molecule has 0 fully saturated rings. The molecule has 0 spiro atoms. The first-order valence-corrected chi connectivity index (χ1v) is 8.34. The van der Waals surface area contributed by atoms with Gasteiger partial charge in [-0.1, -0.05) is 17.7 Å². The van der Waals surface area contributed by atoms with Crippen LogP contribution in [0.1, 0.15) is 12.0 Å². The lowest BCUT2D eigenvalue weighted by molar-refractivity contribution is -0.116. The number of aryl methyl sites for hydroxylation is 3. The van der Waals surface area contributed by atoms with Crippen molar-refractivity contribution >= 4 is 34.4 Å². The number of carbonyl (C=O) groups excluding carboxylic acids is 1. The molecule has 0 aliphatic rings. The number of anilines is 1. The number of nitrogens with one attached hydrogen (secondary N) is 1. The molecule has 0 aliphatic carbocycles. The van der Waals surface area contributed by atoms with Crippen LogP contribution < -0.4 is 16.6 Å². The summed E-state index contributed by atoms with van der Waals surface area (Å²) in [6, 6.07) is 5.27. The van der Waals surface area contributed by atoms with Gasteiger partial charge in [0.2, 0.25) is 5.91 Å². The summed E-state index contributed by atoms with van der Waals surface area (Å²) >= 11 is 5.96. The molecule has 0 aliphatic heterocycles. The molecule has 0 atom stereocenters. The average Bonchev–Trinajstić information content (AvgIpc) is 3.03. The van der Waals surface area contributed by atoms with Gasteiger partial charge >= 0.3 is 5.69 Å². The maximum absolute atomic E-state index is 12.4. The second kappa shape index (κ2) is 6.80. The SMILES string of the molecule is Cc1ccc(Cl)cc1NC(=O)CCn1cnc2c1c(=O)n(C)c(=O)n2C. The molecule has 0 saturated carbocycles. The zero-order chi connectivity index (χ0) is 19.0. The van der Waals surface area contributed by atoms with Crippen LogP contribution in [0, 0.1) is 6.92 Å². The number of halogens is 1. The Bertz CT molecular complexity index is 1130. The van der Waals surface area contributed by atoms with Crippen molar-refractivity contribution in [3.63, 3.8) is 0 Å². The molecule has 3 aromatic rings. The van der Waals surface area contributed by atoms with E-state index in [0.717, 1.165) is 10.1 Å². The molecule has 26 heavy (non-hydrogen) atoms. The second-order valence-corrected chi connectivity index (χ2v) is 6.51. The summed E-state index contributed by atoms with van der Waals surface area (Å²) in [4.78, 5) is 40.7. The third kappa shape index (κ3) is 3.15. The van der Waals surface area contributed by atoms with E-state index in [9.17, 15) is 14.4 Å². The van der Waals surface area contributed by atoms with Gasteiger partial charge in [0, 0.05) is 37.8 Å². The Morgan fingerprint density at radius 1 is 1.23 bits per heavy atom. The lowest BCUT2D eigenvalue weighted by Crippen LogP contribution is -2.37. The molecule has 2 aromatic heterocycles. The molecule has 0 saturated heterocycles. The number of hydrogen-bond acceptors (Lipinski definition) is 4. The normalized spacial score (nSPS) is 11.1. The largest absolute Gasteiger partial charge is 0.332 e. The highest BCUT2D eigenvalue weighted by Gasteiger charge is 2.15. The van der Waals surface area contributed by atoms with Crippen molar-refractivity contribution in [1.29, 1.82) is 0 Å². The number of fused-ring (bicyclic) bond motifs is 1. The number of benzene rings is 1. The molecule has 1 amide bonds. The van der Waals surface area contributed by atoms with Gasteiger partial charge in [0.15, 0.2) is 11.2 Å². The second-order valence-electron chi connectivity index (χ2n) is 6.07. The molecule has 1 N–H and O–H groups in total. The van der Waals surface area contributed by atoms with E-state index in [1.165, 1.54) is 17.9 Å². The predicted molar refractivity (Wildman–Crippen MR) is 99.7 cm³/mol. The van der Waals surface area contributed by atoms with Crippen LogP contribution in [-0.2, 0) is 25.4 Å². The van der Waals surface area contributed by atoms with Crippen molar-refractivity contribution in [2.45, 2.75) is 19.9 Å². The zero-order valence-corrected chi connectivity index (χ0v) is 15.4. The van der Waals surface area contributed by atoms with E-state index in [1.54, 1.807) is 23.7 Å². The highest BCUT2D eigenvalue weighted by molar-refractivity contribution is 6.31. The molecule has 0 unspecified atom stereocenters. The smallest absolute Gasteiger partial charge is 0.326 e. The zero-order valence-electron chi connectivity index (χ0n) is 14.6. The Labute approximate surface area is 153 Å². The molecular weight excluding hydrogens is 358 g/mol. The van der Waals surface area contributed by atoms with E-state index < -0.39 is 11.2 Å². The maximum atomic E-state index is 12.4. The number of imidazole rings is 1. The summed E-state index contributed by atoms with van der Waals surface area (Å²) in [6.45, 7) is 2.13. The fourth-order valence-corrected chi connectivity index (χ4v) is 2.90. The minimum Gasteiger partial charge on any atom is -0.326 e. The van der Waals surface area contributed by atoms with Gasteiger partial charge in [-0.05, 0) is 24.6 Å². The van der Waals surface area contributed by atoms with Gasteiger partial charge in [-0.2, -0.15) is 0 Å². The van der Waals surface area contributed by atoms with Crippen LogP contribution in [0.5, 0.6) is 0 Å². The van der Waals surface area contributed by atoms with Crippen LogP contribution in [0.25, 0.3) is 11.2 Å². The maximum Gasteiger partial charge on any atom is 0.332 e. The molecule has 2 heterocycles. The highest BCUT2D eigenvalue weighted by Crippen LogP contribution is 2.20. The number of amides is 1. The number of hydrogen-bond donors (Lipinski definition) is 1. The summed E-state index contributed by atoms with van der Waals surface area (Å²) in [5.74, 6) is -0.209. The van der Waals surface area contributed by atoms with E-state index >= 15 is 0 Å². The van der Waals surface area contributed by atoms with Crippen molar-refractivity contribution in [2.75, 3.05) is 5.32 Å². The molecular formula is C17H18ClN5O3. The summed E-state index contributed by atoms with van der Waals surface area (Å²) in [5, 5.41) is 3.35. The molecule has 1 aromatic carbocycles. The fraction of sp³-hybridized carbons (Fsp3) is 0.294. The first kappa shape index (κ1) is 17.9. The molecule has 8 nitrogen and oxygen atoms in total. The minimum absolute atomic E-state index is 0.142. The van der Waals surface area contributed by atoms with Crippen molar-refractivity contribution in [1.82, 2.24) is 18.7 Å². The van der Waals surface area contributed by atoms with Gasteiger partial charge in [0.05, 0.1) is 6.33 Å². The van der Waals surface area contributed by atoms with E-state index in [0.29, 0.717) is 21.9 Å². The van der Waals surface area contributed by atoms with Crippen molar-refractivity contribution in [2.24, 2.45) is 14.1 Å². The lowest BCUT2D eigenvalue weighted by atomic mass is 10.2. The van der Waals surface area contributed by atoms with Gasteiger partial charge < -0.3 is 9.88 Å². The van der Waals surface area contributed by atoms with Gasteiger partial charge in [0.25, 0.3) is 5.56 Å². The van der Waals surface area contributed by atoms with Crippen LogP contribution in [0.4, 0.5) is 5.69 Å². The third-order valence-electron chi connectivity index (χ3n) is 4.27. The van der Waals surface area contributed by atoms with E-state index in [2.05, 4.69) is 10.3 Å². The molecule has 0 radical (unpaired) electrons. The van der Waals surface area contributed by atoms with E-state index in [4.69, 9.17) is 11.6 Å². The molecule has 0 bridgehead atoms. The average molecular weight is 376 g/mol. The van der Waals surface area contributed by atoms with Gasteiger partial charge in [-0.15, -0.1) is 0 Å². The highest BCUT2D eigenvalue weighted by atomic mass is 35.5. The Morgan fingerprint density at radius 3 is 2.69 bits per heavy atom. The van der Waals surface area contributed by atoms with Crippen LogP contribution in [0.2, 0.25) is 5.02 Å². The minimum atomic E-state index is -0.443. The summed E-state index contributed by atoms with van der Waals surface area (Å²) < 4.78 is 3.92. The Morgan fingerprint density at radius 2 is 1.96 bits per heavy atom. The van der Waals surface area contributed by atoms with Crippen LogP contribution in [0.3, 0.4) is 0 Å². The van der Waals surface area contributed by atoms with Crippen LogP contribution >= 0.6 is 11.6 Å². The quantitative estimate of drug-likeness (QED) is 0.746. The molecule has 3 rings (SSSR count). The molecule has 136 valence electrons. The van der Waals surface area contributed by atoms with Crippen molar-refractivity contribution in [3.8, 4) is 0 Å². The van der Waals surface area contributed by atoms with Crippen LogP contribution in [0.15, 0.2) is 34.1 Å². The third-order valence-corrected chi connectivity index (χ3v) is 4.51. The van der Waals surface area contributed by atoms with Crippen molar-refractivity contribution in [3.05, 3.63) is 56.0 Å². The molecule has 9 heteroatoms. The number of carbonyl (C=O) groups is 1. The van der Waals surface area contributed by atoms with Gasteiger partial charge in [-0.25, -0.2) is 9.78 Å². The summed E-state index contributed by atoms with van der Waals surface area (Å²) in [6.07, 6.45) is 1.60. The summed E-state index contributed by atoms with van der Waals surface area (Å²) in [7, 11) is 2.96. The van der Waals surface area contributed by atoms with Gasteiger partial charge in [0.1, 0.15) is 0 Å². The number of aromatic nitrogens is 4. The topological polar surface area (TPSA) is 90.9 Å². The first-order chi connectivity index (χ1) is 12.3. The Kier molecular flexibility index (Phi) is 4.69. The fourth-order valence-electron chi connectivity index (χ4n) is 2.73.